The highest BCUT2D eigenvalue weighted by Crippen LogP contribution is 2.42. The summed E-state index contributed by atoms with van der Waals surface area (Å²) in [5, 5.41) is 3.99. The fourth-order valence-electron chi connectivity index (χ4n) is 2.26. The number of nitrogens with two attached hydrogens (primary N) is 1. The van der Waals surface area contributed by atoms with Gasteiger partial charge in [0.25, 0.3) is 0 Å². The van der Waals surface area contributed by atoms with Crippen LogP contribution in [0.1, 0.15) is 53.6 Å². The molecule has 0 bridgehead atoms. The average molecular weight is 296 g/mol. The molecule has 0 spiro atoms. The molecule has 2 rings (SSSR count). The Balaban J connectivity index is 2.30. The van der Waals surface area contributed by atoms with Crippen LogP contribution in [0.2, 0.25) is 0 Å². The van der Waals surface area contributed by atoms with Crippen molar-refractivity contribution >= 4 is 33.8 Å². The second-order valence-corrected chi connectivity index (χ2v) is 6.00. The van der Waals surface area contributed by atoms with Gasteiger partial charge in [-0.25, -0.2) is 4.79 Å². The number of carbonyl (C=O) groups excluding carboxylic acids is 2. The van der Waals surface area contributed by atoms with Crippen molar-refractivity contribution in [2.24, 2.45) is 5.92 Å². The van der Waals surface area contributed by atoms with Gasteiger partial charge < -0.3 is 15.8 Å². The number of Topliss-reactive ketones (excluding diaryl/α,β-unsaturated/α-hetero) is 1. The molecule has 1 aliphatic carbocycles. The summed E-state index contributed by atoms with van der Waals surface area (Å²) in [4.78, 5) is 24.0. The van der Waals surface area contributed by atoms with E-state index in [0.29, 0.717) is 27.4 Å². The maximum Gasteiger partial charge on any atom is 0.343 e. The molecular formula is C14H20N2O3S. The Bertz CT molecular complexity index is 539. The van der Waals surface area contributed by atoms with Crippen LogP contribution in [-0.4, -0.2) is 24.4 Å². The molecule has 20 heavy (non-hydrogen) atoms. The highest BCUT2D eigenvalue weighted by atomic mass is 32.1. The van der Waals surface area contributed by atoms with Crippen LogP contribution in [0, 0.1) is 5.92 Å². The summed E-state index contributed by atoms with van der Waals surface area (Å²) in [6.07, 6.45) is 2.19. The Morgan fingerprint density at radius 1 is 1.45 bits per heavy atom. The minimum atomic E-state index is -0.468. The quantitative estimate of drug-likeness (QED) is 0.623. The third-order valence-corrected chi connectivity index (χ3v) is 4.75. The Labute approximate surface area is 122 Å². The van der Waals surface area contributed by atoms with Gasteiger partial charge in [-0.15, -0.1) is 11.3 Å². The van der Waals surface area contributed by atoms with Gasteiger partial charge in [0.05, 0.1) is 17.2 Å². The summed E-state index contributed by atoms with van der Waals surface area (Å²) in [6, 6.07) is 0.367. The molecule has 0 aliphatic heterocycles. The number of nitrogen functional groups attached to an aromatic ring is 1. The van der Waals surface area contributed by atoms with Crippen molar-refractivity contribution in [1.29, 1.82) is 0 Å². The van der Waals surface area contributed by atoms with Gasteiger partial charge in [0, 0.05) is 13.0 Å². The van der Waals surface area contributed by atoms with Gasteiger partial charge in [0.1, 0.15) is 10.6 Å². The van der Waals surface area contributed by atoms with Crippen LogP contribution in [0.4, 0.5) is 10.7 Å². The zero-order chi connectivity index (χ0) is 14.9. The van der Waals surface area contributed by atoms with Gasteiger partial charge in [0.2, 0.25) is 0 Å². The molecule has 0 radical (unpaired) electrons. The highest BCUT2D eigenvalue weighted by molar-refractivity contribution is 7.19. The maximum absolute atomic E-state index is 12.0. The van der Waals surface area contributed by atoms with Crippen molar-refractivity contribution in [2.45, 2.75) is 39.7 Å². The number of thiophene rings is 1. The molecule has 2 unspecified atom stereocenters. The molecular weight excluding hydrogens is 276 g/mol. The molecule has 1 aromatic rings. The number of ketones is 1. The second kappa shape index (κ2) is 5.83. The standard InChI is InChI=1S/C14H20N2O3S/c1-4-8-6-9(8)16-13-10(14(18)19-5-2)11(15)12(20-13)7(3)17/h8-9,16H,4-6,15H2,1-3H3. The predicted octanol–water partition coefficient (Wildman–Crippen LogP) is 2.92. The average Bonchev–Trinajstić information content (AvgIpc) is 3.05. The summed E-state index contributed by atoms with van der Waals surface area (Å²) in [6.45, 7) is 5.62. The molecule has 1 aromatic heterocycles. The molecule has 110 valence electrons. The van der Waals surface area contributed by atoms with Crippen LogP contribution in [0.15, 0.2) is 0 Å². The van der Waals surface area contributed by atoms with Crippen LogP contribution in [0.25, 0.3) is 0 Å². The first-order valence-corrected chi connectivity index (χ1v) is 7.68. The van der Waals surface area contributed by atoms with E-state index in [2.05, 4.69) is 12.2 Å². The number of rotatable bonds is 6. The largest absolute Gasteiger partial charge is 0.462 e. The van der Waals surface area contributed by atoms with E-state index in [0.717, 1.165) is 12.8 Å². The van der Waals surface area contributed by atoms with Crippen molar-refractivity contribution in [3.05, 3.63) is 10.4 Å². The topological polar surface area (TPSA) is 81.4 Å². The molecule has 6 heteroatoms. The molecule has 5 nitrogen and oxygen atoms in total. The number of hydrogen-bond acceptors (Lipinski definition) is 6. The number of carbonyl (C=O) groups is 2. The predicted molar refractivity (Wildman–Crippen MR) is 80.5 cm³/mol. The van der Waals surface area contributed by atoms with E-state index in [1.807, 2.05) is 0 Å². The molecule has 2 atom stereocenters. The lowest BCUT2D eigenvalue weighted by atomic mass is 10.2. The lowest BCUT2D eigenvalue weighted by molar-refractivity contribution is 0.0529. The van der Waals surface area contributed by atoms with E-state index in [-0.39, 0.29) is 18.1 Å². The third-order valence-electron chi connectivity index (χ3n) is 3.51. The zero-order valence-corrected chi connectivity index (χ0v) is 12.8. The summed E-state index contributed by atoms with van der Waals surface area (Å²) >= 11 is 1.24. The van der Waals surface area contributed by atoms with Gasteiger partial charge in [0.15, 0.2) is 5.78 Å². The van der Waals surface area contributed by atoms with Crippen molar-refractivity contribution in [2.75, 3.05) is 17.7 Å². The van der Waals surface area contributed by atoms with Crippen molar-refractivity contribution < 1.29 is 14.3 Å². The van der Waals surface area contributed by atoms with Gasteiger partial charge >= 0.3 is 5.97 Å². The van der Waals surface area contributed by atoms with Crippen LogP contribution in [0.3, 0.4) is 0 Å². The van der Waals surface area contributed by atoms with Gasteiger partial charge in [-0.2, -0.15) is 0 Å². The minimum absolute atomic E-state index is 0.131. The Kier molecular flexibility index (Phi) is 4.32. The Morgan fingerprint density at radius 2 is 2.15 bits per heavy atom. The van der Waals surface area contributed by atoms with E-state index >= 15 is 0 Å². The van der Waals surface area contributed by atoms with Gasteiger partial charge in [-0.05, 0) is 19.3 Å². The number of esters is 1. The van der Waals surface area contributed by atoms with E-state index in [1.165, 1.54) is 18.3 Å². The first-order chi connectivity index (χ1) is 9.49. The zero-order valence-electron chi connectivity index (χ0n) is 12.0. The molecule has 1 aliphatic rings. The maximum atomic E-state index is 12.0. The Hall–Kier alpha value is -1.56. The van der Waals surface area contributed by atoms with E-state index < -0.39 is 5.97 Å². The number of anilines is 2. The fraction of sp³-hybridized carbons (Fsp3) is 0.571. The summed E-state index contributed by atoms with van der Waals surface area (Å²) in [5.41, 5.74) is 6.49. The van der Waals surface area contributed by atoms with E-state index in [4.69, 9.17) is 10.5 Å². The Morgan fingerprint density at radius 3 is 2.65 bits per heavy atom. The number of ether oxygens (including phenoxy) is 1. The third kappa shape index (κ3) is 2.80. The molecule has 0 saturated heterocycles. The molecule has 0 amide bonds. The SMILES string of the molecule is CCOC(=O)c1c(NC2CC2CC)sc(C(C)=O)c1N. The normalized spacial score (nSPS) is 20.6. The molecule has 1 heterocycles. The van der Waals surface area contributed by atoms with Crippen LogP contribution >= 0.6 is 11.3 Å². The monoisotopic (exact) mass is 296 g/mol. The van der Waals surface area contributed by atoms with Crippen molar-refractivity contribution in [1.82, 2.24) is 0 Å². The number of nitrogens with one attached hydrogen (secondary N) is 1. The lowest BCUT2D eigenvalue weighted by Gasteiger charge is -2.07. The van der Waals surface area contributed by atoms with Crippen LogP contribution in [-0.2, 0) is 4.74 Å². The summed E-state index contributed by atoms with van der Waals surface area (Å²) < 4.78 is 5.03. The van der Waals surface area contributed by atoms with Crippen LogP contribution < -0.4 is 11.1 Å². The van der Waals surface area contributed by atoms with Gasteiger partial charge in [-0.1, -0.05) is 13.3 Å². The summed E-state index contributed by atoms with van der Waals surface area (Å²) in [7, 11) is 0. The first kappa shape index (κ1) is 14.8. The fourth-order valence-corrected chi connectivity index (χ4v) is 3.32. The molecule has 3 N–H and O–H groups in total. The lowest BCUT2D eigenvalue weighted by Crippen LogP contribution is -2.11. The summed E-state index contributed by atoms with van der Waals surface area (Å²) in [5.74, 6) is 0.0352. The van der Waals surface area contributed by atoms with Crippen molar-refractivity contribution in [3.8, 4) is 0 Å². The van der Waals surface area contributed by atoms with E-state index in [9.17, 15) is 9.59 Å². The molecule has 1 saturated carbocycles. The molecule has 0 aromatic carbocycles. The van der Waals surface area contributed by atoms with Gasteiger partial charge in [-0.3, -0.25) is 4.79 Å². The van der Waals surface area contributed by atoms with Crippen LogP contribution in [0.5, 0.6) is 0 Å². The second-order valence-electron chi connectivity index (χ2n) is 4.98. The van der Waals surface area contributed by atoms with Crippen molar-refractivity contribution in [3.63, 3.8) is 0 Å². The van der Waals surface area contributed by atoms with E-state index in [1.54, 1.807) is 6.92 Å². The number of hydrogen-bond donors (Lipinski definition) is 2. The minimum Gasteiger partial charge on any atom is -0.462 e. The first-order valence-electron chi connectivity index (χ1n) is 6.86. The highest BCUT2D eigenvalue weighted by Gasteiger charge is 2.37. The molecule has 1 fully saturated rings. The smallest absolute Gasteiger partial charge is 0.343 e.